The monoisotopic (exact) mass is 638 g/mol. The van der Waals surface area contributed by atoms with E-state index >= 15 is 0 Å². The maximum Gasteiger partial charge on any atom is 0.519 e. The standard InChI is InChI=1S/C34H27F4NO3S2/c1-20-17-28(15-16-29(20)42-19-31(40)41)43-30(18-22-3-5-23(6-4-22)24-9-13-27(35)14-10-24)32-21(2)39-33(44-32)25-7-11-26(12-8-25)34(36,37)38/h3-17,30H,18-19H2,1-2H3,(H,40,41)/p+1. The molecule has 4 nitrogen and oxygen atoms in total. The molecule has 1 atom stereocenters. The summed E-state index contributed by atoms with van der Waals surface area (Å²) in [6.45, 7) is 3.46. The number of thioether (sulfide) groups is 1. The summed E-state index contributed by atoms with van der Waals surface area (Å²) in [5.74, 6) is -0.570. The van der Waals surface area contributed by atoms with Gasteiger partial charge in [-0.25, -0.2) is 9.37 Å². The molecular formula is C34H28F4NO3S2+. The minimum atomic E-state index is -4.41. The van der Waals surface area contributed by atoms with E-state index in [2.05, 4.69) is 0 Å². The van der Waals surface area contributed by atoms with Crippen LogP contribution >= 0.6 is 23.1 Å². The van der Waals surface area contributed by atoms with Crippen molar-refractivity contribution in [3.8, 4) is 27.4 Å². The molecule has 0 amide bonds. The lowest BCUT2D eigenvalue weighted by Gasteiger charge is -2.17. The minimum absolute atomic E-state index is 0.0756. The maximum absolute atomic E-state index is 13.4. The highest BCUT2D eigenvalue weighted by Gasteiger charge is 2.30. The summed E-state index contributed by atoms with van der Waals surface area (Å²) >= 11 is 3.10. The number of halogens is 4. The molecular weight excluding hydrogens is 611 g/mol. The van der Waals surface area contributed by atoms with Crippen LogP contribution in [0.2, 0.25) is 0 Å². The largest absolute Gasteiger partial charge is 0.519 e. The second-order valence-electron chi connectivity index (χ2n) is 10.2. The van der Waals surface area contributed by atoms with E-state index in [1.54, 1.807) is 30.0 Å². The average molecular weight is 639 g/mol. The average Bonchev–Trinajstić information content (AvgIpc) is 3.38. The van der Waals surface area contributed by atoms with E-state index < -0.39 is 17.7 Å². The van der Waals surface area contributed by atoms with E-state index in [9.17, 15) is 17.6 Å². The molecule has 1 heterocycles. The summed E-state index contributed by atoms with van der Waals surface area (Å²) in [5.41, 5.74) is 4.49. The number of hydrogen-bond donors (Lipinski definition) is 1. The first kappa shape index (κ1) is 31.3. The summed E-state index contributed by atoms with van der Waals surface area (Å²) in [6, 6.07) is 25.1. The summed E-state index contributed by atoms with van der Waals surface area (Å²) < 4.78 is 58.2. The van der Waals surface area contributed by atoms with Gasteiger partial charge in [-0.05, 0) is 85.0 Å². The summed E-state index contributed by atoms with van der Waals surface area (Å²) in [6.07, 6.45) is -3.76. The smallest absolute Gasteiger partial charge is 0.475 e. The minimum Gasteiger partial charge on any atom is -0.475 e. The summed E-state index contributed by atoms with van der Waals surface area (Å²) in [4.78, 5) is 15.8. The van der Waals surface area contributed by atoms with Crippen LogP contribution in [0.25, 0.3) is 21.7 Å². The van der Waals surface area contributed by atoms with E-state index in [4.69, 9.17) is 19.6 Å². The van der Waals surface area contributed by atoms with Crippen LogP contribution in [0.5, 0.6) is 5.75 Å². The molecule has 226 valence electrons. The van der Waals surface area contributed by atoms with Crippen LogP contribution in [0.15, 0.2) is 95.9 Å². The molecule has 5 aromatic rings. The fourth-order valence-corrected chi connectivity index (χ4v) is 7.29. The number of alkyl halides is 3. The molecule has 10 heteroatoms. The Bertz CT molecular complexity index is 1750. The number of aryl methyl sites for hydroxylation is 2. The first-order chi connectivity index (χ1) is 21.0. The number of ether oxygens (including phenoxy) is 1. The van der Waals surface area contributed by atoms with E-state index in [0.29, 0.717) is 22.7 Å². The molecule has 0 spiro atoms. The molecule has 5 rings (SSSR count). The second-order valence-corrected chi connectivity index (χ2v) is 12.5. The molecule has 0 radical (unpaired) electrons. The van der Waals surface area contributed by atoms with Gasteiger partial charge in [0.25, 0.3) is 0 Å². The molecule has 0 aliphatic carbocycles. The molecule has 44 heavy (non-hydrogen) atoms. The SMILES string of the molecule is Cc1cc(SC(Cc2ccc(-c3ccc(F)cc3)cc2)c2sc(-c3ccc(C(F)(F)F)cc3)nc2C)ccc1OCC(O)=[OH+]. The van der Waals surface area contributed by atoms with Gasteiger partial charge in [0.2, 0.25) is 6.61 Å². The second kappa shape index (κ2) is 13.2. The predicted molar refractivity (Wildman–Crippen MR) is 168 cm³/mol. The highest BCUT2D eigenvalue weighted by molar-refractivity contribution is 7.99. The van der Waals surface area contributed by atoms with Gasteiger partial charge < -0.3 is 14.6 Å². The number of thiazole rings is 1. The molecule has 2 N–H and O–H groups in total. The Hall–Kier alpha value is -4.15. The van der Waals surface area contributed by atoms with Crippen molar-refractivity contribution in [3.05, 3.63) is 124 Å². The lowest BCUT2D eigenvalue weighted by molar-refractivity contribution is -0.137. The number of hydrogen-bond acceptors (Lipinski definition) is 4. The third-order valence-electron chi connectivity index (χ3n) is 6.92. The van der Waals surface area contributed by atoms with Gasteiger partial charge in [-0.2, -0.15) is 13.2 Å². The van der Waals surface area contributed by atoms with Gasteiger partial charge in [0.15, 0.2) is 0 Å². The zero-order valence-electron chi connectivity index (χ0n) is 23.7. The van der Waals surface area contributed by atoms with E-state index in [1.807, 2.05) is 50.2 Å². The van der Waals surface area contributed by atoms with Crippen LogP contribution in [-0.2, 0) is 12.6 Å². The van der Waals surface area contributed by atoms with Crippen LogP contribution in [0, 0.1) is 19.7 Å². The summed E-state index contributed by atoms with van der Waals surface area (Å²) in [7, 11) is 0. The van der Waals surface area contributed by atoms with Crippen LogP contribution in [-0.4, -0.2) is 27.5 Å². The van der Waals surface area contributed by atoms with Crippen molar-refractivity contribution in [2.24, 2.45) is 0 Å². The van der Waals surface area contributed by atoms with Gasteiger partial charge in [0.05, 0.1) is 11.3 Å². The number of carboxylic acid groups (broad SMARTS) is 1. The Kier molecular flexibility index (Phi) is 9.41. The quantitative estimate of drug-likeness (QED) is 0.0940. The van der Waals surface area contributed by atoms with Crippen LogP contribution in [0.1, 0.15) is 32.5 Å². The Balaban J connectivity index is 1.44. The van der Waals surface area contributed by atoms with E-state index in [-0.39, 0.29) is 17.7 Å². The fourth-order valence-electron chi connectivity index (χ4n) is 4.67. The molecule has 0 bridgehead atoms. The predicted octanol–water partition coefficient (Wildman–Crippen LogP) is 9.77. The van der Waals surface area contributed by atoms with Gasteiger partial charge >= 0.3 is 12.1 Å². The Labute approximate surface area is 260 Å². The Morgan fingerprint density at radius 1 is 0.909 bits per heavy atom. The van der Waals surface area contributed by atoms with E-state index in [0.717, 1.165) is 49.9 Å². The van der Waals surface area contributed by atoms with Crippen molar-refractivity contribution in [2.75, 3.05) is 6.61 Å². The van der Waals surface area contributed by atoms with Gasteiger partial charge in [-0.3, -0.25) is 0 Å². The van der Waals surface area contributed by atoms with Crippen molar-refractivity contribution in [2.45, 2.75) is 36.6 Å². The maximum atomic E-state index is 13.4. The molecule has 0 aliphatic heterocycles. The third-order valence-corrected chi connectivity index (χ3v) is 9.60. The molecule has 4 aromatic carbocycles. The molecule has 1 unspecified atom stereocenters. The highest BCUT2D eigenvalue weighted by Crippen LogP contribution is 2.44. The van der Waals surface area contributed by atoms with Crippen LogP contribution < -0.4 is 4.74 Å². The Morgan fingerprint density at radius 2 is 1.52 bits per heavy atom. The number of aliphatic carboxylic acids is 1. The Morgan fingerprint density at radius 3 is 2.11 bits per heavy atom. The molecule has 0 saturated carbocycles. The first-order valence-electron chi connectivity index (χ1n) is 13.6. The normalized spacial score (nSPS) is 12.2. The van der Waals surface area contributed by atoms with Crippen molar-refractivity contribution >= 4 is 29.1 Å². The molecule has 0 saturated heterocycles. The molecule has 0 aliphatic rings. The summed E-state index contributed by atoms with van der Waals surface area (Å²) in [5, 5.41) is 9.64. The highest BCUT2D eigenvalue weighted by atomic mass is 32.2. The van der Waals surface area contributed by atoms with Gasteiger partial charge in [-0.15, -0.1) is 23.1 Å². The van der Waals surface area contributed by atoms with Crippen molar-refractivity contribution in [1.29, 1.82) is 0 Å². The third kappa shape index (κ3) is 7.67. The number of benzene rings is 4. The van der Waals surface area contributed by atoms with Crippen molar-refractivity contribution < 1.29 is 32.2 Å². The number of nitrogens with zero attached hydrogens (tertiary/aromatic N) is 1. The van der Waals surface area contributed by atoms with Crippen LogP contribution in [0.4, 0.5) is 17.6 Å². The zero-order chi connectivity index (χ0) is 31.4. The first-order valence-corrected chi connectivity index (χ1v) is 15.3. The van der Waals surface area contributed by atoms with Gasteiger partial charge in [0.1, 0.15) is 16.6 Å². The fraction of sp³-hybridized carbons (Fsp3) is 0.176. The zero-order valence-corrected chi connectivity index (χ0v) is 25.4. The lowest BCUT2D eigenvalue weighted by Crippen LogP contribution is -2.10. The van der Waals surface area contributed by atoms with Gasteiger partial charge in [-0.1, -0.05) is 48.5 Å². The number of aromatic nitrogens is 1. The number of carboxylic acids is 1. The molecule has 1 aromatic heterocycles. The van der Waals surface area contributed by atoms with Crippen LogP contribution in [0.3, 0.4) is 0 Å². The number of rotatable bonds is 10. The lowest BCUT2D eigenvalue weighted by atomic mass is 10.0. The van der Waals surface area contributed by atoms with Crippen molar-refractivity contribution in [3.63, 3.8) is 0 Å². The molecule has 0 fully saturated rings. The van der Waals surface area contributed by atoms with Crippen molar-refractivity contribution in [1.82, 2.24) is 4.98 Å². The van der Waals surface area contributed by atoms with Gasteiger partial charge in [0, 0.05) is 20.6 Å². The number of aliphatic hydroxyl groups excluding tert-OH is 1. The topological polar surface area (TPSA) is 63.8 Å². The van der Waals surface area contributed by atoms with E-state index in [1.165, 1.54) is 35.6 Å².